The molecule has 4 rings (SSSR count). The number of thiophene rings is 1. The number of morpholine rings is 1. The van der Waals surface area contributed by atoms with Gasteiger partial charge in [0.05, 0.1) is 27.1 Å². The Hall–Kier alpha value is -3.16. The minimum atomic E-state index is -4.82. The lowest BCUT2D eigenvalue weighted by Crippen LogP contribution is -2.51. The second-order valence-electron chi connectivity index (χ2n) is 8.47. The van der Waals surface area contributed by atoms with Gasteiger partial charge in [-0.25, -0.2) is 0 Å². The molecule has 2 fully saturated rings. The van der Waals surface area contributed by atoms with E-state index >= 15 is 0 Å². The van der Waals surface area contributed by atoms with Crippen molar-refractivity contribution in [2.75, 3.05) is 36.5 Å². The van der Waals surface area contributed by atoms with E-state index in [4.69, 9.17) is 16.3 Å². The second-order valence-corrected chi connectivity index (χ2v) is 10.2. The molecule has 1 atom stereocenters. The molecule has 2 heterocycles. The summed E-state index contributed by atoms with van der Waals surface area (Å²) in [4.78, 5) is 51.1. The van der Waals surface area contributed by atoms with E-state index in [1.165, 1.54) is 18.2 Å². The Morgan fingerprint density at radius 3 is 2.57 bits per heavy atom. The lowest BCUT2D eigenvalue weighted by atomic mass is 10.1. The topological polar surface area (TPSA) is 117 Å². The van der Waals surface area contributed by atoms with E-state index in [1.807, 2.05) is 0 Å². The Bertz CT molecular complexity index is 1220. The van der Waals surface area contributed by atoms with Gasteiger partial charge in [-0.15, -0.1) is 11.3 Å². The van der Waals surface area contributed by atoms with E-state index in [0.29, 0.717) is 22.1 Å². The van der Waals surface area contributed by atoms with Gasteiger partial charge in [-0.3, -0.25) is 19.2 Å². The molecule has 2 aliphatic rings. The van der Waals surface area contributed by atoms with E-state index in [0.717, 1.165) is 28.4 Å². The van der Waals surface area contributed by atoms with Gasteiger partial charge in [-0.2, -0.15) is 13.2 Å². The van der Waals surface area contributed by atoms with Crippen LogP contribution in [0.4, 0.5) is 24.5 Å². The first-order valence-corrected chi connectivity index (χ1v) is 12.5. The monoisotopic (exact) mass is 558 g/mol. The summed E-state index contributed by atoms with van der Waals surface area (Å²) in [6, 6.07) is 4.84. The summed E-state index contributed by atoms with van der Waals surface area (Å²) in [6.07, 6.45) is -3.49. The number of benzene rings is 1. The fourth-order valence-corrected chi connectivity index (χ4v) is 4.60. The van der Waals surface area contributed by atoms with Crippen LogP contribution in [0, 0.1) is 5.92 Å². The molecular formula is C23H22ClF3N4O5S. The lowest BCUT2D eigenvalue weighted by molar-refractivity contribution is -0.137. The predicted molar refractivity (Wildman–Crippen MR) is 130 cm³/mol. The minimum absolute atomic E-state index is 0.0436. The Balaban J connectivity index is 1.51. The molecule has 9 nitrogen and oxygen atoms in total. The van der Waals surface area contributed by atoms with E-state index < -0.39 is 35.5 Å². The van der Waals surface area contributed by atoms with Gasteiger partial charge in [0.2, 0.25) is 11.8 Å². The van der Waals surface area contributed by atoms with Crippen molar-refractivity contribution in [1.29, 1.82) is 0 Å². The van der Waals surface area contributed by atoms with Crippen LogP contribution in [0.25, 0.3) is 0 Å². The summed E-state index contributed by atoms with van der Waals surface area (Å²) < 4.78 is 46.9. The van der Waals surface area contributed by atoms with Crippen LogP contribution in [0.5, 0.6) is 0 Å². The van der Waals surface area contributed by atoms with Crippen LogP contribution >= 0.6 is 22.9 Å². The number of rotatable bonds is 8. The molecule has 37 heavy (non-hydrogen) atoms. The van der Waals surface area contributed by atoms with Crippen LogP contribution in [0.2, 0.25) is 4.34 Å². The third kappa shape index (κ3) is 6.79. The maximum absolute atomic E-state index is 13.9. The van der Waals surface area contributed by atoms with Gasteiger partial charge in [0.15, 0.2) is 0 Å². The highest BCUT2D eigenvalue weighted by Gasteiger charge is 2.38. The number of nitrogens with one attached hydrogen (secondary N) is 3. The number of hydrogen-bond donors (Lipinski definition) is 3. The molecular weight excluding hydrogens is 537 g/mol. The first kappa shape index (κ1) is 26.9. The molecule has 1 saturated carbocycles. The van der Waals surface area contributed by atoms with Crippen LogP contribution in [0.1, 0.15) is 28.1 Å². The van der Waals surface area contributed by atoms with Crippen molar-refractivity contribution in [2.24, 2.45) is 5.92 Å². The molecule has 0 bridgehead atoms. The normalized spacial score (nSPS) is 16.8. The van der Waals surface area contributed by atoms with Gasteiger partial charge in [-0.05, 0) is 43.2 Å². The molecule has 1 aliphatic heterocycles. The van der Waals surface area contributed by atoms with Gasteiger partial charge >= 0.3 is 6.18 Å². The molecule has 1 saturated heterocycles. The molecule has 0 unspecified atom stereocenters. The summed E-state index contributed by atoms with van der Waals surface area (Å²) in [5.74, 6) is -2.58. The minimum Gasteiger partial charge on any atom is -0.370 e. The molecule has 1 aromatic carbocycles. The molecule has 0 radical (unpaired) electrons. The van der Waals surface area contributed by atoms with E-state index in [1.54, 1.807) is 0 Å². The van der Waals surface area contributed by atoms with Crippen molar-refractivity contribution in [3.63, 3.8) is 0 Å². The predicted octanol–water partition coefficient (Wildman–Crippen LogP) is 3.05. The summed E-state index contributed by atoms with van der Waals surface area (Å²) in [7, 11) is 0. The number of halogens is 4. The first-order valence-electron chi connectivity index (χ1n) is 11.3. The molecule has 3 N–H and O–H groups in total. The second kappa shape index (κ2) is 11.1. The number of carbonyl (C=O) groups is 4. The van der Waals surface area contributed by atoms with E-state index in [9.17, 15) is 32.3 Å². The number of ether oxygens (including phenoxy) is 1. The zero-order valence-corrected chi connectivity index (χ0v) is 20.8. The fourth-order valence-electron chi connectivity index (χ4n) is 3.64. The van der Waals surface area contributed by atoms with Crippen molar-refractivity contribution in [2.45, 2.75) is 25.1 Å². The number of amides is 4. The van der Waals surface area contributed by atoms with Crippen molar-refractivity contribution >= 4 is 57.9 Å². The molecule has 0 spiro atoms. The summed E-state index contributed by atoms with van der Waals surface area (Å²) in [5.41, 5.74) is -1.65. The zero-order valence-electron chi connectivity index (χ0n) is 19.2. The maximum atomic E-state index is 13.9. The average Bonchev–Trinajstić information content (AvgIpc) is 3.61. The number of nitrogens with zero attached hydrogens (tertiary/aromatic N) is 1. The Morgan fingerprint density at radius 1 is 1.19 bits per heavy atom. The van der Waals surface area contributed by atoms with Crippen LogP contribution < -0.4 is 20.9 Å². The molecule has 2 aromatic rings. The summed E-state index contributed by atoms with van der Waals surface area (Å²) in [6.45, 7) is -0.585. The van der Waals surface area contributed by atoms with Gasteiger partial charge in [0.1, 0.15) is 12.6 Å². The molecule has 198 valence electrons. The standard InChI is InChI=1S/C23H22ClF3N4O5S/c24-18-6-5-17(37-18)22(35)28-10-15(30-20(33)12-1-2-12)21(34)29-13-3-4-16(14(9-13)23(25,26)27)31-7-8-36-11-19(31)32/h3-6,9,12,15H,1-2,7-8,10-11H2,(H,28,35)(H,29,34)(H,30,33)/t15-/m1/s1. The van der Waals surface area contributed by atoms with Crippen molar-refractivity contribution in [1.82, 2.24) is 10.6 Å². The van der Waals surface area contributed by atoms with Crippen LogP contribution in [0.15, 0.2) is 30.3 Å². The number of carbonyl (C=O) groups excluding carboxylic acids is 4. The smallest absolute Gasteiger partial charge is 0.370 e. The van der Waals surface area contributed by atoms with Gasteiger partial charge in [0, 0.05) is 24.7 Å². The van der Waals surface area contributed by atoms with E-state index in [-0.39, 0.29) is 49.5 Å². The fraction of sp³-hybridized carbons (Fsp3) is 0.391. The molecule has 1 aromatic heterocycles. The third-order valence-corrected chi connectivity index (χ3v) is 6.92. The highest BCUT2D eigenvalue weighted by molar-refractivity contribution is 7.18. The van der Waals surface area contributed by atoms with Crippen LogP contribution in [0.3, 0.4) is 0 Å². The number of alkyl halides is 3. The Labute approximate surface area is 218 Å². The highest BCUT2D eigenvalue weighted by Crippen LogP contribution is 2.39. The van der Waals surface area contributed by atoms with Gasteiger partial charge < -0.3 is 25.6 Å². The molecule has 4 amide bonds. The average molecular weight is 559 g/mol. The first-order chi connectivity index (χ1) is 17.5. The van der Waals surface area contributed by atoms with E-state index in [2.05, 4.69) is 16.0 Å². The summed E-state index contributed by atoms with van der Waals surface area (Å²) in [5, 5.41) is 7.46. The van der Waals surface area contributed by atoms with Crippen molar-refractivity contribution in [3.05, 3.63) is 45.1 Å². The molecule has 1 aliphatic carbocycles. The SMILES string of the molecule is O=C(NC[C@@H](NC(=O)C1CC1)C(=O)Nc1ccc(N2CCOCC2=O)c(C(F)(F)F)c1)c1ccc(Cl)s1. The van der Waals surface area contributed by atoms with Crippen LogP contribution in [-0.2, 0) is 25.3 Å². The number of anilines is 2. The lowest BCUT2D eigenvalue weighted by Gasteiger charge is -2.29. The highest BCUT2D eigenvalue weighted by atomic mass is 35.5. The third-order valence-electron chi connectivity index (χ3n) is 5.69. The quantitative estimate of drug-likeness (QED) is 0.460. The Morgan fingerprint density at radius 2 is 1.95 bits per heavy atom. The van der Waals surface area contributed by atoms with Gasteiger partial charge in [0.25, 0.3) is 11.8 Å². The maximum Gasteiger partial charge on any atom is 0.418 e. The Kier molecular flexibility index (Phi) is 8.05. The van der Waals surface area contributed by atoms with Crippen molar-refractivity contribution < 1.29 is 37.1 Å². The zero-order chi connectivity index (χ0) is 26.7. The van der Waals surface area contributed by atoms with Crippen molar-refractivity contribution in [3.8, 4) is 0 Å². The van der Waals surface area contributed by atoms with Gasteiger partial charge in [-0.1, -0.05) is 11.6 Å². The van der Waals surface area contributed by atoms with Crippen LogP contribution in [-0.4, -0.2) is 56.0 Å². The summed E-state index contributed by atoms with van der Waals surface area (Å²) >= 11 is 6.87. The largest absolute Gasteiger partial charge is 0.418 e. The molecule has 14 heteroatoms. The number of hydrogen-bond acceptors (Lipinski definition) is 6.